The lowest BCUT2D eigenvalue weighted by Gasteiger charge is -2.46. The van der Waals surface area contributed by atoms with E-state index in [1.165, 1.54) is 28.4 Å². The number of thioether (sulfide) groups is 1. The number of amides is 2. The van der Waals surface area contributed by atoms with Crippen LogP contribution < -0.4 is 5.32 Å². The Balaban J connectivity index is 1.71. The maximum absolute atomic E-state index is 12.5. The maximum atomic E-state index is 12.5. The largest absolute Gasteiger partial charge is 0.479 e. The number of rotatable bonds is 7. The van der Waals surface area contributed by atoms with Crippen LogP contribution in [0.1, 0.15) is 5.82 Å². The summed E-state index contributed by atoms with van der Waals surface area (Å²) in [5.41, 5.74) is 1.07. The first kappa shape index (κ1) is 18.8. The van der Waals surface area contributed by atoms with Crippen LogP contribution in [-0.4, -0.2) is 77.7 Å². The van der Waals surface area contributed by atoms with Gasteiger partial charge in [-0.2, -0.15) is 4.37 Å². The zero-order valence-electron chi connectivity index (χ0n) is 13.3. The zero-order valence-corrected chi connectivity index (χ0v) is 14.9. The van der Waals surface area contributed by atoms with Crippen molar-refractivity contribution in [1.82, 2.24) is 19.6 Å². The number of aliphatic carboxylic acids is 2. The molecule has 0 radical (unpaired) electrons. The number of hydrogen-bond donors (Lipinski definition) is 3. The molecule has 1 aromatic rings. The summed E-state index contributed by atoms with van der Waals surface area (Å²) < 4.78 is 3.85. The van der Waals surface area contributed by atoms with Gasteiger partial charge in [0.15, 0.2) is 0 Å². The van der Waals surface area contributed by atoms with Crippen molar-refractivity contribution < 1.29 is 34.2 Å². The molecule has 1 fully saturated rings. The summed E-state index contributed by atoms with van der Waals surface area (Å²) in [4.78, 5) is 55.8. The van der Waals surface area contributed by atoms with Gasteiger partial charge in [-0.1, -0.05) is 5.16 Å². The predicted octanol–water partition coefficient (Wildman–Crippen LogP) is -1.29. The van der Waals surface area contributed by atoms with Crippen LogP contribution in [0.3, 0.4) is 0 Å². The normalized spacial score (nSPS) is 21.6. The topological polar surface area (TPSA) is 171 Å². The van der Waals surface area contributed by atoms with Crippen LogP contribution >= 0.6 is 23.3 Å². The Morgan fingerprint density at radius 2 is 2.19 bits per heavy atom. The smallest absolute Gasteiger partial charge is 0.344 e. The Morgan fingerprint density at radius 3 is 2.81 bits per heavy atom. The molecule has 3 rings (SSSR count). The quantitative estimate of drug-likeness (QED) is 0.277. The molecule has 3 heterocycles. The van der Waals surface area contributed by atoms with E-state index in [0.717, 1.165) is 11.5 Å². The summed E-state index contributed by atoms with van der Waals surface area (Å²) in [7, 11) is 0. The summed E-state index contributed by atoms with van der Waals surface area (Å²) in [6.45, 7) is -0.766. The molecule has 1 unspecified atom stereocenters. The highest BCUT2D eigenvalue weighted by atomic mass is 32.2. The maximum Gasteiger partial charge on any atom is 0.344 e. The molecule has 1 aromatic heterocycles. The average Bonchev–Trinajstić information content (AvgIpc) is 3.16. The van der Waals surface area contributed by atoms with E-state index in [1.54, 1.807) is 0 Å². The predicted molar refractivity (Wildman–Crippen MR) is 90.8 cm³/mol. The number of fused-ring (bicyclic) bond motifs is 1. The molecule has 0 bridgehead atoms. The number of carboxylic acid groups (broad SMARTS) is 2. The Morgan fingerprint density at radius 1 is 1.41 bits per heavy atom. The van der Waals surface area contributed by atoms with Crippen molar-refractivity contribution in [2.75, 3.05) is 12.4 Å². The molecular formula is C13H11N5O7S2. The van der Waals surface area contributed by atoms with Crippen LogP contribution in [0.15, 0.2) is 22.4 Å². The van der Waals surface area contributed by atoms with Crippen molar-refractivity contribution in [2.45, 2.75) is 11.4 Å². The molecule has 2 amide bonds. The molecule has 0 spiro atoms. The van der Waals surface area contributed by atoms with Gasteiger partial charge in [-0.3, -0.25) is 9.59 Å². The molecule has 14 heteroatoms. The van der Waals surface area contributed by atoms with Gasteiger partial charge in [0.25, 0.3) is 11.8 Å². The highest BCUT2D eigenvalue weighted by molar-refractivity contribution is 8.00. The zero-order chi connectivity index (χ0) is 19.6. The molecule has 3 N–H and O–H groups in total. The third-order valence-electron chi connectivity index (χ3n) is 3.48. The third kappa shape index (κ3) is 3.90. The Hall–Kier alpha value is -3.00. The van der Waals surface area contributed by atoms with E-state index in [9.17, 15) is 19.2 Å². The molecule has 12 nitrogen and oxygen atoms in total. The molecule has 0 aromatic carbocycles. The fourth-order valence-electron chi connectivity index (χ4n) is 2.25. The second-order valence-electron chi connectivity index (χ2n) is 5.22. The first-order chi connectivity index (χ1) is 12.9. The third-order valence-corrected chi connectivity index (χ3v) is 5.27. The summed E-state index contributed by atoms with van der Waals surface area (Å²) >= 11 is 2.15. The number of oxime groups is 1. The van der Waals surface area contributed by atoms with Crippen LogP contribution in [0.5, 0.6) is 0 Å². The van der Waals surface area contributed by atoms with Crippen LogP contribution in [0.2, 0.25) is 0 Å². The van der Waals surface area contributed by atoms with Crippen molar-refractivity contribution in [3.05, 3.63) is 23.1 Å². The second kappa shape index (κ2) is 7.71. The first-order valence-electron chi connectivity index (χ1n) is 7.25. The van der Waals surface area contributed by atoms with Gasteiger partial charge in [0, 0.05) is 12.0 Å². The Labute approximate surface area is 159 Å². The first-order valence-corrected chi connectivity index (χ1v) is 9.14. The lowest BCUT2D eigenvalue weighted by atomic mass is 10.1. The lowest BCUT2D eigenvalue weighted by Crippen LogP contribution is -2.69. The molecular weight excluding hydrogens is 402 g/mol. The minimum atomic E-state index is -1.28. The highest BCUT2D eigenvalue weighted by Gasteiger charge is 2.50. The van der Waals surface area contributed by atoms with E-state index >= 15 is 0 Å². The monoisotopic (exact) mass is 413 g/mol. The van der Waals surface area contributed by atoms with Crippen LogP contribution in [0.4, 0.5) is 0 Å². The highest BCUT2D eigenvalue weighted by Crippen LogP contribution is 2.36. The van der Waals surface area contributed by atoms with Gasteiger partial charge in [-0.05, 0) is 11.5 Å². The van der Waals surface area contributed by atoms with Crippen molar-refractivity contribution in [1.29, 1.82) is 0 Å². The molecule has 142 valence electrons. The van der Waals surface area contributed by atoms with Gasteiger partial charge in [-0.25, -0.2) is 14.6 Å². The molecule has 0 saturated carbocycles. The van der Waals surface area contributed by atoms with Gasteiger partial charge >= 0.3 is 11.9 Å². The molecule has 2 aliphatic rings. The van der Waals surface area contributed by atoms with Crippen molar-refractivity contribution >= 4 is 52.8 Å². The molecule has 27 heavy (non-hydrogen) atoms. The number of carbonyl (C=O) groups is 4. The Kier molecular flexibility index (Phi) is 5.36. The minimum Gasteiger partial charge on any atom is -0.479 e. The van der Waals surface area contributed by atoms with Gasteiger partial charge in [0.05, 0.1) is 5.57 Å². The number of nitrogens with one attached hydrogen (secondary N) is 1. The van der Waals surface area contributed by atoms with Gasteiger partial charge < -0.3 is 25.3 Å². The summed E-state index contributed by atoms with van der Waals surface area (Å²) in [5.74, 6) is -3.57. The average molecular weight is 413 g/mol. The summed E-state index contributed by atoms with van der Waals surface area (Å²) in [6.07, 6.45) is 1.25. The minimum absolute atomic E-state index is 0.0733. The number of β-lactam (4-membered cyclic amide) rings is 1. The van der Waals surface area contributed by atoms with E-state index in [0.29, 0.717) is 0 Å². The number of carboxylic acids is 2. The van der Waals surface area contributed by atoms with E-state index in [-0.39, 0.29) is 22.9 Å². The summed E-state index contributed by atoms with van der Waals surface area (Å²) in [6, 6.07) is -0.891. The number of carbonyl (C=O) groups excluding carboxylic acids is 2. The van der Waals surface area contributed by atoms with Gasteiger partial charge in [0.1, 0.15) is 16.9 Å². The fourth-order valence-corrected chi connectivity index (χ4v) is 3.93. The van der Waals surface area contributed by atoms with Gasteiger partial charge in [0.2, 0.25) is 18.1 Å². The van der Waals surface area contributed by atoms with E-state index in [1.807, 2.05) is 0 Å². The lowest BCUT2D eigenvalue weighted by molar-refractivity contribution is -0.144. The van der Waals surface area contributed by atoms with E-state index in [4.69, 9.17) is 10.2 Å². The van der Waals surface area contributed by atoms with Crippen LogP contribution in [0, 0.1) is 0 Å². The number of hydrogen-bond acceptors (Lipinski definition) is 10. The van der Waals surface area contributed by atoms with Crippen molar-refractivity contribution in [3.63, 3.8) is 0 Å². The standard InChI is InChI=1S/C13H11N5O7S2/c19-6(20)2-25-16-7(9-14-4-27-17-9)10(21)15-8-11(22)18-1-5(13(23)24)3-26-12(8)18/h1,4,8,12H,2-3H2,(H,15,21)(H,19,20)(H,23,24)/t8?,12-/m1/s1. The molecule has 0 aliphatic carbocycles. The number of aromatic nitrogens is 2. The van der Waals surface area contributed by atoms with Crippen LogP contribution in [0.25, 0.3) is 0 Å². The molecule has 2 atom stereocenters. The van der Waals surface area contributed by atoms with Crippen LogP contribution in [-0.2, 0) is 24.0 Å². The van der Waals surface area contributed by atoms with Crippen molar-refractivity contribution in [2.24, 2.45) is 5.16 Å². The number of nitrogens with zero attached hydrogens (tertiary/aromatic N) is 4. The van der Waals surface area contributed by atoms with Crippen molar-refractivity contribution in [3.8, 4) is 0 Å². The Bertz CT molecular complexity index is 853. The second-order valence-corrected chi connectivity index (χ2v) is 6.93. The van der Waals surface area contributed by atoms with Gasteiger partial charge in [-0.15, -0.1) is 11.8 Å². The summed E-state index contributed by atoms with van der Waals surface area (Å²) in [5, 5.41) is 23.1. The SMILES string of the molecule is O=C(O)CON=C(C(=O)NC1C(=O)N2C=C(C(=O)O)CS[C@H]12)c1ncsn1. The fraction of sp³-hybridized carbons (Fsp3) is 0.308. The van der Waals surface area contributed by atoms with E-state index < -0.39 is 41.8 Å². The van der Waals surface area contributed by atoms with E-state index in [2.05, 4.69) is 24.7 Å². The molecule has 2 aliphatic heterocycles. The molecule has 1 saturated heterocycles.